The Morgan fingerprint density at radius 3 is 2.59 bits per heavy atom. The second kappa shape index (κ2) is 11.8. The van der Waals surface area contributed by atoms with Gasteiger partial charge in [0, 0.05) is 46.3 Å². The second-order valence-electron chi connectivity index (χ2n) is 10.6. The van der Waals surface area contributed by atoms with Crippen molar-refractivity contribution in [1.29, 1.82) is 0 Å². The molecule has 0 spiro atoms. The standard InChI is InChI=1S/C33H29N5O4S2/c1-21-29(31(40)35-23-8-3-2-4-9-23)30(26-12-7-17-43-26)38-32(41)27(44-33(38)34-21)18-22-19-37(25-11-6-5-10-24(22)25)20-28(39)36-13-15-42-16-14-36/h2-12,17-19,30H,13-16,20H2,1H3,(H,35,40)/b27-18+/t30-/m0/s1. The Kier molecular flexibility index (Phi) is 7.59. The van der Waals surface area contributed by atoms with E-state index in [2.05, 4.69) is 5.32 Å². The van der Waals surface area contributed by atoms with Gasteiger partial charge in [-0.05, 0) is 42.6 Å². The number of hydrogen-bond donors (Lipinski definition) is 1. The summed E-state index contributed by atoms with van der Waals surface area (Å²) in [7, 11) is 0. The zero-order valence-corrected chi connectivity index (χ0v) is 25.6. The van der Waals surface area contributed by atoms with Crippen LogP contribution >= 0.6 is 22.7 Å². The highest BCUT2D eigenvalue weighted by Gasteiger charge is 2.33. The Bertz CT molecular complexity index is 2080. The highest BCUT2D eigenvalue weighted by molar-refractivity contribution is 7.10. The van der Waals surface area contributed by atoms with Crippen LogP contribution in [0.15, 0.2) is 99.4 Å². The number of carbonyl (C=O) groups excluding carboxylic acids is 2. The number of allylic oxidation sites excluding steroid dienone is 1. The number of anilines is 1. The maximum Gasteiger partial charge on any atom is 0.271 e. The molecule has 7 rings (SSSR count). The lowest BCUT2D eigenvalue weighted by molar-refractivity contribution is -0.135. The van der Waals surface area contributed by atoms with Crippen molar-refractivity contribution in [2.45, 2.75) is 19.5 Å². The number of benzene rings is 2. The number of ether oxygens (including phenoxy) is 1. The van der Waals surface area contributed by atoms with Crippen molar-refractivity contribution >= 4 is 57.2 Å². The van der Waals surface area contributed by atoms with E-state index in [1.54, 1.807) is 4.57 Å². The number of morpholine rings is 1. The number of amides is 2. The van der Waals surface area contributed by atoms with Crippen LogP contribution in [0.2, 0.25) is 0 Å². The number of thiazole rings is 1. The Balaban J connectivity index is 1.30. The molecule has 2 amide bonds. The van der Waals surface area contributed by atoms with Gasteiger partial charge in [0.2, 0.25) is 5.91 Å². The molecule has 2 aromatic carbocycles. The number of nitrogens with zero attached hydrogens (tertiary/aromatic N) is 4. The molecule has 1 N–H and O–H groups in total. The van der Waals surface area contributed by atoms with Crippen LogP contribution in [0, 0.1) is 0 Å². The van der Waals surface area contributed by atoms with E-state index in [4.69, 9.17) is 9.73 Å². The first-order chi connectivity index (χ1) is 21.5. The van der Waals surface area contributed by atoms with E-state index in [9.17, 15) is 14.4 Å². The second-order valence-corrected chi connectivity index (χ2v) is 12.6. The molecule has 1 fully saturated rings. The highest BCUT2D eigenvalue weighted by Crippen LogP contribution is 2.33. The smallest absolute Gasteiger partial charge is 0.271 e. The van der Waals surface area contributed by atoms with Crippen LogP contribution in [0.1, 0.15) is 23.4 Å². The number of fused-ring (bicyclic) bond motifs is 2. The van der Waals surface area contributed by atoms with Crippen molar-refractivity contribution in [3.63, 3.8) is 0 Å². The molecule has 2 aliphatic rings. The van der Waals surface area contributed by atoms with Gasteiger partial charge in [-0.2, -0.15) is 0 Å². The largest absolute Gasteiger partial charge is 0.378 e. The fourth-order valence-electron chi connectivity index (χ4n) is 5.77. The minimum Gasteiger partial charge on any atom is -0.378 e. The molecule has 5 aromatic rings. The fraction of sp³-hybridized carbons (Fsp3) is 0.212. The molecule has 1 atom stereocenters. The zero-order chi connectivity index (χ0) is 30.2. The van der Waals surface area contributed by atoms with Gasteiger partial charge in [0.1, 0.15) is 12.6 Å². The molecule has 9 nitrogen and oxygen atoms in total. The number of rotatable bonds is 6. The summed E-state index contributed by atoms with van der Waals surface area (Å²) in [6.07, 6.45) is 3.80. The maximum absolute atomic E-state index is 14.1. The molecule has 0 saturated carbocycles. The van der Waals surface area contributed by atoms with Gasteiger partial charge in [-0.3, -0.25) is 19.0 Å². The van der Waals surface area contributed by atoms with Crippen LogP contribution in [-0.4, -0.2) is 52.2 Å². The lowest BCUT2D eigenvalue weighted by Crippen LogP contribution is -2.42. The number of para-hydroxylation sites is 2. The van der Waals surface area contributed by atoms with E-state index in [0.29, 0.717) is 52.6 Å². The molecular weight excluding hydrogens is 595 g/mol. The average molecular weight is 624 g/mol. The van der Waals surface area contributed by atoms with E-state index in [-0.39, 0.29) is 23.9 Å². The van der Waals surface area contributed by atoms with Gasteiger partial charge in [0.05, 0.1) is 29.0 Å². The van der Waals surface area contributed by atoms with Gasteiger partial charge in [0.25, 0.3) is 11.5 Å². The average Bonchev–Trinajstić information content (AvgIpc) is 3.77. The lowest BCUT2D eigenvalue weighted by Gasteiger charge is -2.27. The predicted octanol–water partition coefficient (Wildman–Crippen LogP) is 3.75. The summed E-state index contributed by atoms with van der Waals surface area (Å²) >= 11 is 2.80. The molecule has 44 heavy (non-hydrogen) atoms. The van der Waals surface area contributed by atoms with E-state index in [1.165, 1.54) is 22.7 Å². The van der Waals surface area contributed by atoms with Crippen molar-refractivity contribution in [1.82, 2.24) is 14.0 Å². The first-order valence-electron chi connectivity index (χ1n) is 14.3. The summed E-state index contributed by atoms with van der Waals surface area (Å²) < 4.78 is 9.49. The number of hydrogen-bond acceptors (Lipinski definition) is 7. The third kappa shape index (κ3) is 5.23. The number of nitrogens with one attached hydrogen (secondary N) is 1. The number of carbonyl (C=O) groups is 2. The van der Waals surface area contributed by atoms with Gasteiger partial charge >= 0.3 is 0 Å². The first-order valence-corrected chi connectivity index (χ1v) is 16.0. The Labute approximate surface area is 260 Å². The molecular formula is C33H29N5O4S2. The quantitative estimate of drug-likeness (QED) is 0.312. The monoisotopic (exact) mass is 623 g/mol. The summed E-state index contributed by atoms with van der Waals surface area (Å²) in [4.78, 5) is 48.9. The topological polar surface area (TPSA) is 97.9 Å². The van der Waals surface area contributed by atoms with Gasteiger partial charge in [-0.25, -0.2) is 4.99 Å². The van der Waals surface area contributed by atoms with Crippen LogP contribution in [0.5, 0.6) is 0 Å². The summed E-state index contributed by atoms with van der Waals surface area (Å²) in [5.74, 6) is -0.258. The van der Waals surface area contributed by atoms with Crippen LogP contribution in [0.3, 0.4) is 0 Å². The van der Waals surface area contributed by atoms with Crippen molar-refractivity contribution < 1.29 is 14.3 Å². The number of thiophene rings is 1. The minimum atomic E-state index is -0.607. The third-order valence-electron chi connectivity index (χ3n) is 7.89. The van der Waals surface area contributed by atoms with E-state index >= 15 is 0 Å². The van der Waals surface area contributed by atoms with Gasteiger partial charge in [-0.15, -0.1) is 11.3 Å². The zero-order valence-electron chi connectivity index (χ0n) is 23.9. The van der Waals surface area contributed by atoms with E-state index in [1.807, 2.05) is 101 Å². The molecule has 2 aliphatic heterocycles. The molecule has 1 saturated heterocycles. The summed E-state index contributed by atoms with van der Waals surface area (Å²) in [5, 5.41) is 5.87. The Morgan fingerprint density at radius 1 is 1.05 bits per heavy atom. The SMILES string of the molecule is CC1=C(C(=O)Nc2ccccc2)[C@H](c2cccs2)n2c(s/c(=C/c3cn(CC(=O)N4CCOCC4)c4ccccc34)c2=O)=N1. The van der Waals surface area contributed by atoms with Gasteiger partial charge in [-0.1, -0.05) is 53.8 Å². The molecule has 11 heteroatoms. The van der Waals surface area contributed by atoms with Crippen LogP contribution < -0.4 is 20.2 Å². The molecule has 222 valence electrons. The van der Waals surface area contributed by atoms with Crippen molar-refractivity contribution in [3.8, 4) is 0 Å². The molecule has 3 aromatic heterocycles. The number of aromatic nitrogens is 2. The predicted molar refractivity (Wildman–Crippen MR) is 172 cm³/mol. The van der Waals surface area contributed by atoms with Gasteiger partial charge in [0.15, 0.2) is 4.80 Å². The van der Waals surface area contributed by atoms with Crippen LogP contribution in [-0.2, 0) is 20.9 Å². The molecule has 5 heterocycles. The van der Waals surface area contributed by atoms with E-state index in [0.717, 1.165) is 21.3 Å². The minimum absolute atomic E-state index is 0.0349. The molecule has 0 bridgehead atoms. The summed E-state index contributed by atoms with van der Waals surface area (Å²) in [6, 6.07) is 20.4. The summed E-state index contributed by atoms with van der Waals surface area (Å²) in [6.45, 7) is 4.28. The third-order valence-corrected chi connectivity index (χ3v) is 9.79. The first kappa shape index (κ1) is 28.2. The van der Waals surface area contributed by atoms with Crippen molar-refractivity contribution in [2.24, 2.45) is 4.99 Å². The Morgan fingerprint density at radius 2 is 1.82 bits per heavy atom. The molecule has 0 radical (unpaired) electrons. The van der Waals surface area contributed by atoms with Crippen LogP contribution in [0.25, 0.3) is 17.0 Å². The van der Waals surface area contributed by atoms with Gasteiger partial charge < -0.3 is 19.5 Å². The van der Waals surface area contributed by atoms with E-state index < -0.39 is 6.04 Å². The normalized spacial score (nSPS) is 17.1. The van der Waals surface area contributed by atoms with Crippen LogP contribution in [0.4, 0.5) is 5.69 Å². The maximum atomic E-state index is 14.1. The van der Waals surface area contributed by atoms with Crippen molar-refractivity contribution in [3.05, 3.63) is 120 Å². The fourth-order valence-corrected chi connectivity index (χ4v) is 7.63. The summed E-state index contributed by atoms with van der Waals surface area (Å²) in [5.41, 5.74) is 3.22. The highest BCUT2D eigenvalue weighted by atomic mass is 32.1. The lowest BCUT2D eigenvalue weighted by atomic mass is 10.0. The molecule has 0 aliphatic carbocycles. The Hall–Kier alpha value is -4.58. The van der Waals surface area contributed by atoms with Crippen molar-refractivity contribution in [2.75, 3.05) is 31.6 Å². The molecule has 0 unspecified atom stereocenters.